The van der Waals surface area contributed by atoms with Crippen LogP contribution < -0.4 is 10.1 Å². The minimum absolute atomic E-state index is 0.0945. The van der Waals surface area contributed by atoms with Crippen molar-refractivity contribution >= 4 is 35.2 Å². The molecule has 2 aromatic carbocycles. The molecule has 1 atom stereocenters. The van der Waals surface area contributed by atoms with E-state index >= 15 is 0 Å². The number of likely N-dealkylation sites (N-methyl/N-ethyl adjacent to an activating group) is 1. The lowest BCUT2D eigenvalue weighted by Crippen LogP contribution is -2.49. The van der Waals surface area contributed by atoms with Gasteiger partial charge in [-0.15, -0.1) is 0 Å². The van der Waals surface area contributed by atoms with Gasteiger partial charge in [0.25, 0.3) is 0 Å². The topological polar surface area (TPSA) is 67.9 Å². The molecule has 0 aromatic heterocycles. The summed E-state index contributed by atoms with van der Waals surface area (Å²) in [4.78, 5) is 27.0. The van der Waals surface area contributed by atoms with Gasteiger partial charge in [0.15, 0.2) is 11.6 Å². The van der Waals surface area contributed by atoms with Gasteiger partial charge in [0, 0.05) is 12.6 Å². The van der Waals surface area contributed by atoms with E-state index < -0.39 is 29.7 Å². The summed E-state index contributed by atoms with van der Waals surface area (Å²) in [6, 6.07) is 6.16. The Bertz CT molecular complexity index is 1080. The fourth-order valence-electron chi connectivity index (χ4n) is 3.32. The van der Waals surface area contributed by atoms with Gasteiger partial charge in [-0.05, 0) is 43.7 Å². The van der Waals surface area contributed by atoms with E-state index in [2.05, 4.69) is 5.32 Å². The molecule has 1 N–H and O–H groups in total. The first-order valence-corrected chi connectivity index (χ1v) is 10.5. The molecule has 0 aliphatic carbocycles. The van der Waals surface area contributed by atoms with Crippen LogP contribution in [0.5, 0.6) is 5.75 Å². The van der Waals surface area contributed by atoms with Gasteiger partial charge < -0.3 is 14.8 Å². The third kappa shape index (κ3) is 4.97. The number of hydrogen-bond acceptors (Lipinski definition) is 4. The number of nitrogens with one attached hydrogen (secondary N) is 1. The first kappa shape index (κ1) is 23.8. The quantitative estimate of drug-likeness (QED) is 0.544. The Balaban J connectivity index is 2.09. The number of carbonyl (C=O) groups is 2. The summed E-state index contributed by atoms with van der Waals surface area (Å²) in [7, 11) is 0. The summed E-state index contributed by atoms with van der Waals surface area (Å²) in [5.41, 5.74) is 0.792. The van der Waals surface area contributed by atoms with Crippen LogP contribution in [0.4, 0.5) is 13.6 Å². The van der Waals surface area contributed by atoms with Crippen molar-refractivity contribution in [2.75, 3.05) is 19.8 Å². The van der Waals surface area contributed by atoms with Crippen molar-refractivity contribution in [3.63, 3.8) is 0 Å². The van der Waals surface area contributed by atoms with E-state index in [0.717, 1.165) is 12.1 Å². The molecular weight excluding hydrogens is 465 g/mol. The second-order valence-corrected chi connectivity index (χ2v) is 7.56. The molecule has 170 valence electrons. The molecule has 0 spiro atoms. The second kappa shape index (κ2) is 10.2. The molecule has 0 fully saturated rings. The number of benzene rings is 2. The maximum atomic E-state index is 14.1. The highest BCUT2D eigenvalue weighted by Gasteiger charge is 2.38. The van der Waals surface area contributed by atoms with E-state index in [-0.39, 0.29) is 41.8 Å². The first-order chi connectivity index (χ1) is 15.3. The minimum atomic E-state index is -0.910. The lowest BCUT2D eigenvalue weighted by Gasteiger charge is -2.36. The molecule has 3 rings (SSSR count). The number of amides is 2. The van der Waals surface area contributed by atoms with Crippen LogP contribution in [0.1, 0.15) is 25.5 Å². The van der Waals surface area contributed by atoms with Gasteiger partial charge in [-0.1, -0.05) is 29.3 Å². The van der Waals surface area contributed by atoms with Crippen molar-refractivity contribution in [2.24, 2.45) is 0 Å². The SMILES string of the molecule is CCOC(=O)C1=C(COc2ccc(F)cc2F)N(CC)C(=O)N[C@H]1c1ccc(Cl)c(Cl)c1. The number of halogens is 4. The van der Waals surface area contributed by atoms with E-state index in [1.165, 1.54) is 11.0 Å². The average Bonchev–Trinajstić information content (AvgIpc) is 2.74. The van der Waals surface area contributed by atoms with Gasteiger partial charge in [-0.3, -0.25) is 4.90 Å². The largest absolute Gasteiger partial charge is 0.484 e. The van der Waals surface area contributed by atoms with Crippen LogP contribution in [0.3, 0.4) is 0 Å². The molecule has 0 unspecified atom stereocenters. The Morgan fingerprint density at radius 1 is 1.12 bits per heavy atom. The van der Waals surface area contributed by atoms with Crippen LogP contribution in [0, 0.1) is 11.6 Å². The molecule has 2 aromatic rings. The molecule has 2 amide bonds. The highest BCUT2D eigenvalue weighted by atomic mass is 35.5. The third-order valence-electron chi connectivity index (χ3n) is 4.79. The Hall–Kier alpha value is -2.84. The first-order valence-electron chi connectivity index (χ1n) is 9.77. The van der Waals surface area contributed by atoms with E-state index in [1.54, 1.807) is 26.0 Å². The second-order valence-electron chi connectivity index (χ2n) is 6.74. The summed E-state index contributed by atoms with van der Waals surface area (Å²) in [6.45, 7) is 3.32. The molecule has 0 saturated carbocycles. The smallest absolute Gasteiger partial charge is 0.338 e. The third-order valence-corrected chi connectivity index (χ3v) is 5.52. The molecule has 10 heteroatoms. The summed E-state index contributed by atoms with van der Waals surface area (Å²) < 4.78 is 38.0. The van der Waals surface area contributed by atoms with E-state index in [1.807, 2.05) is 0 Å². The molecule has 0 radical (unpaired) electrons. The van der Waals surface area contributed by atoms with Crippen molar-refractivity contribution < 1.29 is 27.8 Å². The van der Waals surface area contributed by atoms with Crippen molar-refractivity contribution in [3.8, 4) is 5.75 Å². The molecule has 0 saturated heterocycles. The molecule has 0 bridgehead atoms. The van der Waals surface area contributed by atoms with Gasteiger partial charge in [0.1, 0.15) is 12.4 Å². The zero-order valence-electron chi connectivity index (χ0n) is 17.3. The average molecular weight is 485 g/mol. The number of carbonyl (C=O) groups excluding carboxylic acids is 2. The Morgan fingerprint density at radius 2 is 1.88 bits per heavy atom. The molecule has 32 heavy (non-hydrogen) atoms. The van der Waals surface area contributed by atoms with Gasteiger partial charge in [0.2, 0.25) is 0 Å². The highest BCUT2D eigenvalue weighted by Crippen LogP contribution is 2.34. The number of esters is 1. The van der Waals surface area contributed by atoms with Gasteiger partial charge in [0.05, 0.1) is 34.0 Å². The van der Waals surface area contributed by atoms with E-state index in [4.69, 9.17) is 32.7 Å². The van der Waals surface area contributed by atoms with Crippen LogP contribution in [0.2, 0.25) is 10.0 Å². The Morgan fingerprint density at radius 3 is 2.50 bits per heavy atom. The van der Waals surface area contributed by atoms with Crippen molar-refractivity contribution in [3.05, 3.63) is 74.9 Å². The van der Waals surface area contributed by atoms with Gasteiger partial charge in [-0.25, -0.2) is 18.4 Å². The van der Waals surface area contributed by atoms with Crippen molar-refractivity contribution in [1.29, 1.82) is 0 Å². The monoisotopic (exact) mass is 484 g/mol. The lowest BCUT2D eigenvalue weighted by molar-refractivity contribution is -0.139. The standard InChI is InChI=1S/C22H20Cl2F2N2O4/c1-3-28-17(11-32-18-8-6-13(25)10-16(18)26)19(21(29)31-4-2)20(27-22(28)30)12-5-7-14(23)15(24)9-12/h5-10,20H,3-4,11H2,1-2H3,(H,27,30)/t20-/m0/s1. The molecule has 1 aliphatic rings. The molecular formula is C22H20Cl2F2N2O4. The zero-order chi connectivity index (χ0) is 23.4. The summed E-state index contributed by atoms with van der Waals surface area (Å²) >= 11 is 12.1. The van der Waals surface area contributed by atoms with Crippen LogP contribution >= 0.6 is 23.2 Å². The normalized spacial score (nSPS) is 16.1. The summed E-state index contributed by atoms with van der Waals surface area (Å²) in [5.74, 6) is -2.57. The van der Waals surface area contributed by atoms with Gasteiger partial charge in [-0.2, -0.15) is 0 Å². The van der Waals surface area contributed by atoms with Crippen LogP contribution in [-0.2, 0) is 9.53 Å². The Labute approximate surface area is 193 Å². The number of rotatable bonds is 7. The number of hydrogen-bond donors (Lipinski definition) is 1. The fraction of sp³-hybridized carbons (Fsp3) is 0.273. The Kier molecular flexibility index (Phi) is 7.58. The maximum Gasteiger partial charge on any atom is 0.338 e. The number of nitrogens with zero attached hydrogens (tertiary/aromatic N) is 1. The molecule has 1 aliphatic heterocycles. The maximum absolute atomic E-state index is 14.1. The predicted octanol–water partition coefficient (Wildman–Crippen LogP) is 5.25. The van der Waals surface area contributed by atoms with Crippen LogP contribution in [0.25, 0.3) is 0 Å². The predicted molar refractivity (Wildman–Crippen MR) is 116 cm³/mol. The fourth-order valence-corrected chi connectivity index (χ4v) is 3.63. The van der Waals surface area contributed by atoms with Gasteiger partial charge >= 0.3 is 12.0 Å². The van der Waals surface area contributed by atoms with Crippen molar-refractivity contribution in [1.82, 2.24) is 10.2 Å². The molecule has 6 nitrogen and oxygen atoms in total. The van der Waals surface area contributed by atoms with E-state index in [9.17, 15) is 18.4 Å². The van der Waals surface area contributed by atoms with Crippen molar-refractivity contribution in [2.45, 2.75) is 19.9 Å². The summed E-state index contributed by atoms with van der Waals surface area (Å²) in [5, 5.41) is 3.32. The number of urea groups is 1. The summed E-state index contributed by atoms with van der Waals surface area (Å²) in [6.07, 6.45) is 0. The van der Waals surface area contributed by atoms with Crippen LogP contribution in [-0.4, -0.2) is 36.7 Å². The van der Waals surface area contributed by atoms with Crippen LogP contribution in [0.15, 0.2) is 47.7 Å². The minimum Gasteiger partial charge on any atom is -0.484 e. The highest BCUT2D eigenvalue weighted by molar-refractivity contribution is 6.42. The zero-order valence-corrected chi connectivity index (χ0v) is 18.8. The van der Waals surface area contributed by atoms with E-state index in [0.29, 0.717) is 16.7 Å². The lowest BCUT2D eigenvalue weighted by atomic mass is 9.94. The molecule has 1 heterocycles. The number of ether oxygens (including phenoxy) is 2.